The van der Waals surface area contributed by atoms with Crippen molar-refractivity contribution in [3.05, 3.63) is 30.0 Å². The van der Waals surface area contributed by atoms with E-state index in [1.807, 2.05) is 35.6 Å². The Hall–Kier alpha value is -1.82. The molecule has 0 unspecified atom stereocenters. The molecule has 0 amide bonds. The van der Waals surface area contributed by atoms with Crippen LogP contribution < -0.4 is 0 Å². The Labute approximate surface area is 122 Å². The van der Waals surface area contributed by atoms with Crippen molar-refractivity contribution >= 4 is 22.8 Å². The van der Waals surface area contributed by atoms with Gasteiger partial charge < -0.3 is 4.57 Å². The number of nitrogens with zero attached hydrogens (tertiary/aromatic N) is 6. The van der Waals surface area contributed by atoms with Crippen LogP contribution in [-0.4, -0.2) is 29.1 Å². The quantitative estimate of drug-likeness (QED) is 0.677. The molecule has 106 valence electrons. The molecular weight excluding hydrogens is 276 g/mol. The number of aromatic nitrogens is 6. The fraction of sp³-hybridized carbons (Fsp3) is 0.462. The summed E-state index contributed by atoms with van der Waals surface area (Å²) in [5.74, 6) is 1.31. The minimum atomic E-state index is 0.413. The summed E-state index contributed by atoms with van der Waals surface area (Å²) >= 11 is 6.01. The molecule has 3 heterocycles. The second-order valence-electron chi connectivity index (χ2n) is 4.82. The van der Waals surface area contributed by atoms with Gasteiger partial charge in [0.2, 0.25) is 0 Å². The highest BCUT2D eigenvalue weighted by Crippen LogP contribution is 2.20. The first kappa shape index (κ1) is 13.2. The van der Waals surface area contributed by atoms with Crippen LogP contribution in [0.4, 0.5) is 0 Å². The maximum atomic E-state index is 6.01. The van der Waals surface area contributed by atoms with Crippen molar-refractivity contribution in [2.24, 2.45) is 7.05 Å². The molecule has 0 N–H and O–H groups in total. The normalized spacial score (nSPS) is 11.6. The number of halogens is 1. The van der Waals surface area contributed by atoms with Crippen molar-refractivity contribution in [3.8, 4) is 0 Å². The van der Waals surface area contributed by atoms with Gasteiger partial charge in [0.25, 0.3) is 0 Å². The van der Waals surface area contributed by atoms with Crippen molar-refractivity contribution in [1.29, 1.82) is 0 Å². The standard InChI is InChI=1S/C13H17ClN6/c1-10-12-13(18(2)17-10)20(11(9-14)16-12)8-4-7-19-6-3-5-15-19/h3,5-6H,4,7-9H2,1-2H3. The second-order valence-corrected chi connectivity index (χ2v) is 5.08. The lowest BCUT2D eigenvalue weighted by atomic mass is 10.4. The zero-order valence-corrected chi connectivity index (χ0v) is 12.4. The van der Waals surface area contributed by atoms with Crippen LogP contribution in [-0.2, 0) is 26.0 Å². The molecule has 0 aliphatic carbocycles. The van der Waals surface area contributed by atoms with Gasteiger partial charge in [0.05, 0.1) is 11.6 Å². The number of imidazole rings is 1. The van der Waals surface area contributed by atoms with E-state index in [-0.39, 0.29) is 0 Å². The van der Waals surface area contributed by atoms with E-state index in [9.17, 15) is 0 Å². The van der Waals surface area contributed by atoms with E-state index < -0.39 is 0 Å². The molecule has 6 nitrogen and oxygen atoms in total. The third kappa shape index (κ3) is 2.20. The highest BCUT2D eigenvalue weighted by atomic mass is 35.5. The summed E-state index contributed by atoms with van der Waals surface area (Å²) in [5.41, 5.74) is 2.93. The lowest BCUT2D eigenvalue weighted by Gasteiger charge is -2.08. The number of alkyl halides is 1. The van der Waals surface area contributed by atoms with Gasteiger partial charge in [-0.1, -0.05) is 0 Å². The van der Waals surface area contributed by atoms with Gasteiger partial charge >= 0.3 is 0 Å². The first-order valence-corrected chi connectivity index (χ1v) is 7.16. The van der Waals surface area contributed by atoms with Crippen LogP contribution in [0.25, 0.3) is 11.2 Å². The van der Waals surface area contributed by atoms with Crippen LogP contribution in [0.2, 0.25) is 0 Å². The SMILES string of the molecule is Cc1nn(C)c2c1nc(CCl)n2CCCn1cccn1. The Kier molecular flexibility index (Phi) is 3.48. The number of hydrogen-bond donors (Lipinski definition) is 0. The molecule has 0 spiro atoms. The minimum Gasteiger partial charge on any atom is -0.312 e. The van der Waals surface area contributed by atoms with Crippen molar-refractivity contribution in [2.45, 2.75) is 32.3 Å². The lowest BCUT2D eigenvalue weighted by molar-refractivity contribution is 0.521. The van der Waals surface area contributed by atoms with E-state index in [4.69, 9.17) is 11.6 Å². The van der Waals surface area contributed by atoms with Crippen LogP contribution >= 0.6 is 11.6 Å². The molecule has 0 saturated carbocycles. The zero-order valence-electron chi connectivity index (χ0n) is 11.6. The van der Waals surface area contributed by atoms with Gasteiger partial charge in [-0.2, -0.15) is 10.2 Å². The Morgan fingerprint density at radius 1 is 1.30 bits per heavy atom. The van der Waals surface area contributed by atoms with Crippen molar-refractivity contribution in [1.82, 2.24) is 29.1 Å². The Morgan fingerprint density at radius 2 is 2.15 bits per heavy atom. The second kappa shape index (κ2) is 5.28. The molecule has 0 saturated heterocycles. The average molecular weight is 293 g/mol. The van der Waals surface area contributed by atoms with Crippen molar-refractivity contribution in [2.75, 3.05) is 0 Å². The fourth-order valence-corrected chi connectivity index (χ4v) is 2.74. The number of aryl methyl sites for hydroxylation is 4. The maximum absolute atomic E-state index is 6.01. The number of fused-ring (bicyclic) bond motifs is 1. The number of hydrogen-bond acceptors (Lipinski definition) is 3. The summed E-state index contributed by atoms with van der Waals surface area (Å²) in [4.78, 5) is 4.59. The van der Waals surface area contributed by atoms with Gasteiger partial charge in [-0.15, -0.1) is 11.6 Å². The molecule has 0 bridgehead atoms. The third-order valence-corrected chi connectivity index (χ3v) is 3.66. The average Bonchev–Trinajstić information content (AvgIpc) is 3.10. The smallest absolute Gasteiger partial charge is 0.158 e. The van der Waals surface area contributed by atoms with Gasteiger partial charge in [-0.05, 0) is 19.4 Å². The van der Waals surface area contributed by atoms with E-state index >= 15 is 0 Å². The highest BCUT2D eigenvalue weighted by molar-refractivity contribution is 6.16. The van der Waals surface area contributed by atoms with Gasteiger partial charge in [-0.25, -0.2) is 4.98 Å². The molecule has 0 fully saturated rings. The molecule has 3 aromatic rings. The molecular formula is C13H17ClN6. The molecule has 0 radical (unpaired) electrons. The molecule has 0 aliphatic rings. The molecule has 20 heavy (non-hydrogen) atoms. The summed E-state index contributed by atoms with van der Waals surface area (Å²) < 4.78 is 5.97. The topological polar surface area (TPSA) is 53.5 Å². The first-order chi connectivity index (χ1) is 9.70. The van der Waals surface area contributed by atoms with Gasteiger partial charge in [0.1, 0.15) is 11.3 Å². The van der Waals surface area contributed by atoms with E-state index in [1.54, 1.807) is 6.20 Å². The van der Waals surface area contributed by atoms with Crippen LogP contribution in [0.5, 0.6) is 0 Å². The van der Waals surface area contributed by atoms with Crippen LogP contribution in [0.15, 0.2) is 18.5 Å². The van der Waals surface area contributed by atoms with E-state index in [0.29, 0.717) is 5.88 Å². The van der Waals surface area contributed by atoms with Crippen molar-refractivity contribution < 1.29 is 0 Å². The highest BCUT2D eigenvalue weighted by Gasteiger charge is 2.16. The first-order valence-electron chi connectivity index (χ1n) is 6.63. The zero-order chi connectivity index (χ0) is 14.1. The van der Waals surface area contributed by atoms with E-state index in [0.717, 1.165) is 42.2 Å². The summed E-state index contributed by atoms with van der Waals surface area (Å²) in [5, 5.41) is 8.63. The molecule has 3 rings (SSSR count). The van der Waals surface area contributed by atoms with E-state index in [2.05, 4.69) is 19.7 Å². The summed E-state index contributed by atoms with van der Waals surface area (Å²) in [6.45, 7) is 3.71. The minimum absolute atomic E-state index is 0.413. The number of rotatable bonds is 5. The summed E-state index contributed by atoms with van der Waals surface area (Å²) in [6, 6.07) is 1.93. The fourth-order valence-electron chi connectivity index (χ4n) is 2.54. The Morgan fingerprint density at radius 3 is 2.85 bits per heavy atom. The van der Waals surface area contributed by atoms with Gasteiger partial charge in [0.15, 0.2) is 5.65 Å². The van der Waals surface area contributed by atoms with Crippen LogP contribution in [0, 0.1) is 6.92 Å². The molecule has 7 heteroatoms. The third-order valence-electron chi connectivity index (χ3n) is 3.42. The Bertz CT molecular complexity index is 709. The monoisotopic (exact) mass is 292 g/mol. The van der Waals surface area contributed by atoms with Gasteiger partial charge in [0, 0.05) is 32.5 Å². The Balaban J connectivity index is 1.85. The van der Waals surface area contributed by atoms with Crippen LogP contribution in [0.1, 0.15) is 17.9 Å². The maximum Gasteiger partial charge on any atom is 0.158 e. The molecule has 3 aromatic heterocycles. The lowest BCUT2D eigenvalue weighted by Crippen LogP contribution is -2.09. The molecule has 0 aliphatic heterocycles. The molecule has 0 atom stereocenters. The predicted octanol–water partition coefficient (Wildman–Crippen LogP) is 2.10. The summed E-state index contributed by atoms with van der Waals surface area (Å²) in [6.07, 6.45) is 4.74. The largest absolute Gasteiger partial charge is 0.312 e. The molecule has 0 aromatic carbocycles. The predicted molar refractivity (Wildman–Crippen MR) is 77.6 cm³/mol. The summed E-state index contributed by atoms with van der Waals surface area (Å²) in [7, 11) is 1.94. The van der Waals surface area contributed by atoms with E-state index in [1.165, 1.54) is 0 Å². The van der Waals surface area contributed by atoms with Crippen LogP contribution in [0.3, 0.4) is 0 Å². The van der Waals surface area contributed by atoms with Gasteiger partial charge in [-0.3, -0.25) is 9.36 Å². The van der Waals surface area contributed by atoms with Crippen molar-refractivity contribution in [3.63, 3.8) is 0 Å².